The molecule has 1 aromatic carbocycles. The maximum Gasteiger partial charge on any atom is 0.237 e. The highest BCUT2D eigenvalue weighted by molar-refractivity contribution is 5.82. The number of carbonyl (C=O) groups is 1. The number of hydrogen-bond acceptors (Lipinski definition) is 4. The van der Waals surface area contributed by atoms with Crippen LogP contribution in [0.25, 0.3) is 5.69 Å². The van der Waals surface area contributed by atoms with E-state index in [2.05, 4.69) is 26.9 Å². The van der Waals surface area contributed by atoms with Gasteiger partial charge in [0.15, 0.2) is 0 Å². The summed E-state index contributed by atoms with van der Waals surface area (Å²) in [5, 5.41) is 12.0. The molecule has 136 valence electrons. The summed E-state index contributed by atoms with van der Waals surface area (Å²) in [4.78, 5) is 14.7. The van der Waals surface area contributed by atoms with E-state index in [9.17, 15) is 4.79 Å². The molecule has 0 unspecified atom stereocenters. The molecule has 0 spiro atoms. The van der Waals surface area contributed by atoms with E-state index in [1.807, 2.05) is 50.4 Å². The predicted octanol–water partition coefficient (Wildman–Crippen LogP) is 1.78. The Morgan fingerprint density at radius 3 is 2.73 bits per heavy atom. The highest BCUT2D eigenvalue weighted by Crippen LogP contribution is 2.22. The summed E-state index contributed by atoms with van der Waals surface area (Å²) in [6.07, 6.45) is 2.67. The van der Waals surface area contributed by atoms with Gasteiger partial charge in [0.25, 0.3) is 0 Å². The van der Waals surface area contributed by atoms with Gasteiger partial charge in [-0.15, -0.1) is 0 Å². The van der Waals surface area contributed by atoms with Crippen LogP contribution in [0.5, 0.6) is 0 Å². The van der Waals surface area contributed by atoms with Crippen molar-refractivity contribution in [3.05, 3.63) is 53.9 Å². The maximum absolute atomic E-state index is 12.5. The molecule has 0 bridgehead atoms. The summed E-state index contributed by atoms with van der Waals surface area (Å²) in [6.45, 7) is 5.28. The van der Waals surface area contributed by atoms with Crippen LogP contribution >= 0.6 is 0 Å². The number of nitrogens with zero attached hydrogens (tertiary/aromatic N) is 3. The number of rotatable bonds is 5. The van der Waals surface area contributed by atoms with E-state index in [-0.39, 0.29) is 24.0 Å². The average Bonchev–Trinajstić information content (AvgIpc) is 3.21. The van der Waals surface area contributed by atoms with Gasteiger partial charge >= 0.3 is 0 Å². The molecule has 2 atom stereocenters. The molecule has 1 fully saturated rings. The Bertz CT molecular complexity index is 802. The lowest BCUT2D eigenvalue weighted by atomic mass is 10.1. The fourth-order valence-electron chi connectivity index (χ4n) is 3.47. The maximum atomic E-state index is 12.5. The number of benzene rings is 1. The molecule has 2 aromatic rings. The van der Waals surface area contributed by atoms with E-state index in [1.54, 1.807) is 0 Å². The van der Waals surface area contributed by atoms with Gasteiger partial charge in [0.1, 0.15) is 0 Å². The quantitative estimate of drug-likeness (QED) is 0.859. The van der Waals surface area contributed by atoms with Crippen molar-refractivity contribution in [1.29, 1.82) is 5.26 Å². The second-order valence-corrected chi connectivity index (χ2v) is 7.13. The Labute approximate surface area is 154 Å². The first-order valence-electron chi connectivity index (χ1n) is 8.94. The number of amides is 1. The number of aromatic nitrogens is 1. The molecule has 3 N–H and O–H groups in total. The van der Waals surface area contributed by atoms with Crippen LogP contribution in [-0.4, -0.2) is 40.0 Å². The van der Waals surface area contributed by atoms with Crippen LogP contribution in [0.1, 0.15) is 31.5 Å². The molecule has 1 saturated heterocycles. The molecule has 1 aromatic heterocycles. The van der Waals surface area contributed by atoms with Gasteiger partial charge in [-0.1, -0.05) is 0 Å². The Balaban J connectivity index is 1.79. The lowest BCUT2D eigenvalue weighted by Gasteiger charge is -2.25. The zero-order chi connectivity index (χ0) is 18.7. The molecule has 6 nitrogen and oxygen atoms in total. The Hall–Kier alpha value is -2.62. The van der Waals surface area contributed by atoms with Crippen molar-refractivity contribution in [3.8, 4) is 11.8 Å². The number of nitriles is 1. The van der Waals surface area contributed by atoms with Crippen molar-refractivity contribution in [1.82, 2.24) is 14.8 Å². The standard InChI is InChI=1S/C20H25N5O/c1-14(2)23-20(26)19-10-16(22)12-24(19)13-18-4-3-9-25(18)17-7-5-15(11-21)6-8-17/h3-9,14,16,19H,10,12-13,22H2,1-2H3,(H,23,26)/t16-,19+/m1/s1. The van der Waals surface area contributed by atoms with Crippen LogP contribution in [0.2, 0.25) is 0 Å². The SMILES string of the molecule is CC(C)NC(=O)[C@@H]1C[C@@H](N)CN1Cc1cccn1-c1ccc(C#N)cc1. The Morgan fingerprint density at radius 2 is 2.08 bits per heavy atom. The molecule has 6 heteroatoms. The van der Waals surface area contributed by atoms with Crippen molar-refractivity contribution in [3.63, 3.8) is 0 Å². The summed E-state index contributed by atoms with van der Waals surface area (Å²) in [7, 11) is 0. The van der Waals surface area contributed by atoms with Crippen LogP contribution in [0, 0.1) is 11.3 Å². The zero-order valence-electron chi connectivity index (χ0n) is 15.2. The lowest BCUT2D eigenvalue weighted by molar-refractivity contribution is -0.126. The lowest BCUT2D eigenvalue weighted by Crippen LogP contribution is -2.45. The summed E-state index contributed by atoms with van der Waals surface area (Å²) in [5.41, 5.74) is 8.86. The zero-order valence-corrected chi connectivity index (χ0v) is 15.2. The van der Waals surface area contributed by atoms with Crippen molar-refractivity contribution in [2.75, 3.05) is 6.54 Å². The van der Waals surface area contributed by atoms with Gasteiger partial charge < -0.3 is 15.6 Å². The number of nitrogens with one attached hydrogen (secondary N) is 1. The number of nitrogens with two attached hydrogens (primary N) is 1. The molecular formula is C20H25N5O. The molecule has 0 saturated carbocycles. The van der Waals surface area contributed by atoms with E-state index in [0.717, 1.165) is 11.4 Å². The molecule has 0 radical (unpaired) electrons. The fourth-order valence-corrected chi connectivity index (χ4v) is 3.47. The second-order valence-electron chi connectivity index (χ2n) is 7.13. The van der Waals surface area contributed by atoms with E-state index >= 15 is 0 Å². The number of likely N-dealkylation sites (tertiary alicyclic amines) is 1. The molecule has 0 aliphatic carbocycles. The molecular weight excluding hydrogens is 326 g/mol. The van der Waals surface area contributed by atoms with Crippen LogP contribution in [0.4, 0.5) is 0 Å². The highest BCUT2D eigenvalue weighted by atomic mass is 16.2. The topological polar surface area (TPSA) is 87.1 Å². The van der Waals surface area contributed by atoms with Gasteiger partial charge in [-0.05, 0) is 56.7 Å². The molecule has 3 rings (SSSR count). The molecule has 1 amide bonds. The van der Waals surface area contributed by atoms with Crippen LogP contribution in [0.3, 0.4) is 0 Å². The first kappa shape index (κ1) is 18.2. The van der Waals surface area contributed by atoms with Gasteiger partial charge in [-0.25, -0.2) is 0 Å². The van der Waals surface area contributed by atoms with Gasteiger partial charge in [0.05, 0.1) is 17.7 Å². The van der Waals surface area contributed by atoms with Crippen molar-refractivity contribution in [2.45, 2.75) is 44.9 Å². The molecule has 1 aliphatic rings. The van der Waals surface area contributed by atoms with E-state index in [4.69, 9.17) is 11.0 Å². The second kappa shape index (κ2) is 7.73. The molecule has 2 heterocycles. The van der Waals surface area contributed by atoms with Gasteiger partial charge in [0, 0.05) is 42.8 Å². The predicted molar refractivity (Wildman–Crippen MR) is 101 cm³/mol. The minimum atomic E-state index is -0.197. The third-order valence-electron chi connectivity index (χ3n) is 4.64. The smallest absolute Gasteiger partial charge is 0.237 e. The average molecular weight is 351 g/mol. The summed E-state index contributed by atoms with van der Waals surface area (Å²) < 4.78 is 2.09. The van der Waals surface area contributed by atoms with Crippen LogP contribution in [-0.2, 0) is 11.3 Å². The minimum Gasteiger partial charge on any atom is -0.353 e. The highest BCUT2D eigenvalue weighted by Gasteiger charge is 2.35. The number of hydrogen-bond donors (Lipinski definition) is 2. The van der Waals surface area contributed by atoms with Gasteiger partial charge in [-0.3, -0.25) is 9.69 Å². The third-order valence-corrected chi connectivity index (χ3v) is 4.64. The Kier molecular flexibility index (Phi) is 5.40. The number of carbonyl (C=O) groups excluding carboxylic acids is 1. The monoisotopic (exact) mass is 351 g/mol. The first-order valence-corrected chi connectivity index (χ1v) is 8.94. The third kappa shape index (κ3) is 3.96. The molecule has 26 heavy (non-hydrogen) atoms. The first-order chi connectivity index (χ1) is 12.5. The summed E-state index contributed by atoms with van der Waals surface area (Å²) >= 11 is 0. The normalized spacial score (nSPS) is 20.3. The summed E-state index contributed by atoms with van der Waals surface area (Å²) in [5.74, 6) is 0.0458. The van der Waals surface area contributed by atoms with Gasteiger partial charge in [-0.2, -0.15) is 5.26 Å². The van der Waals surface area contributed by atoms with E-state index < -0.39 is 0 Å². The summed E-state index contributed by atoms with van der Waals surface area (Å²) in [6, 6.07) is 13.6. The van der Waals surface area contributed by atoms with Crippen molar-refractivity contribution in [2.24, 2.45) is 5.73 Å². The van der Waals surface area contributed by atoms with E-state index in [1.165, 1.54) is 0 Å². The fraction of sp³-hybridized carbons (Fsp3) is 0.400. The minimum absolute atomic E-state index is 0.0104. The molecule has 1 aliphatic heterocycles. The van der Waals surface area contributed by atoms with Gasteiger partial charge in [0.2, 0.25) is 5.91 Å². The van der Waals surface area contributed by atoms with Crippen LogP contribution < -0.4 is 11.1 Å². The Morgan fingerprint density at radius 1 is 1.35 bits per heavy atom. The van der Waals surface area contributed by atoms with E-state index in [0.29, 0.717) is 25.1 Å². The largest absolute Gasteiger partial charge is 0.353 e. The van der Waals surface area contributed by atoms with Crippen molar-refractivity contribution >= 4 is 5.91 Å². The van der Waals surface area contributed by atoms with Crippen LogP contribution in [0.15, 0.2) is 42.6 Å². The van der Waals surface area contributed by atoms with Crippen molar-refractivity contribution < 1.29 is 4.79 Å².